The first-order valence-electron chi connectivity index (χ1n) is 12.0. The lowest BCUT2D eigenvalue weighted by molar-refractivity contribution is 0.0816. The zero-order valence-corrected chi connectivity index (χ0v) is 20.0. The molecule has 0 radical (unpaired) electrons. The van der Waals surface area contributed by atoms with Crippen LogP contribution in [0.3, 0.4) is 0 Å². The number of carbonyl (C=O) groups is 1. The first-order valence-corrected chi connectivity index (χ1v) is 12.0. The van der Waals surface area contributed by atoms with Crippen LogP contribution in [0.25, 0.3) is 6.20 Å². The number of hydrogen-bond acceptors (Lipinski definition) is 7. The van der Waals surface area contributed by atoms with Crippen molar-refractivity contribution in [3.8, 4) is 0 Å². The van der Waals surface area contributed by atoms with Crippen molar-refractivity contribution in [3.63, 3.8) is 0 Å². The normalized spacial score (nSPS) is 17.4. The Morgan fingerprint density at radius 3 is 2.73 bits per heavy atom. The molecular formula is C24H36N8O. The molecule has 0 aromatic carbocycles. The number of amides is 1. The Hall–Kier alpha value is -3.07. The van der Waals surface area contributed by atoms with Crippen LogP contribution in [0.2, 0.25) is 0 Å². The molecule has 1 fully saturated rings. The number of fused-ring (bicyclic) bond motifs is 1. The molecule has 3 N–H and O–H groups in total. The molecule has 4 rings (SSSR count). The Morgan fingerprint density at radius 2 is 2.03 bits per heavy atom. The number of carbonyl (C=O) groups excluding carboxylic acids is 1. The molecule has 2 aliphatic heterocycles. The fourth-order valence-electron chi connectivity index (χ4n) is 4.26. The number of nitrogens with one attached hydrogen (secondary N) is 3. The van der Waals surface area contributed by atoms with Gasteiger partial charge in [-0.2, -0.15) is 0 Å². The van der Waals surface area contributed by atoms with Crippen molar-refractivity contribution in [1.29, 1.82) is 0 Å². The van der Waals surface area contributed by atoms with Crippen LogP contribution in [0.4, 0.5) is 11.5 Å². The van der Waals surface area contributed by atoms with Gasteiger partial charge in [0.25, 0.3) is 5.91 Å². The van der Waals surface area contributed by atoms with E-state index in [-0.39, 0.29) is 12.2 Å². The number of aromatic nitrogens is 2. The molecule has 2 aromatic heterocycles. The van der Waals surface area contributed by atoms with Gasteiger partial charge in [-0.1, -0.05) is 26.2 Å². The summed E-state index contributed by atoms with van der Waals surface area (Å²) in [4.78, 5) is 26.3. The number of hydrogen-bond donors (Lipinski definition) is 3. The van der Waals surface area contributed by atoms with Gasteiger partial charge < -0.3 is 30.3 Å². The highest BCUT2D eigenvalue weighted by Crippen LogP contribution is 2.16. The van der Waals surface area contributed by atoms with Crippen molar-refractivity contribution >= 4 is 23.6 Å². The van der Waals surface area contributed by atoms with Crippen LogP contribution in [-0.4, -0.2) is 66.9 Å². The van der Waals surface area contributed by atoms with Crippen molar-refractivity contribution in [3.05, 3.63) is 40.8 Å². The Kier molecular flexibility index (Phi) is 7.49. The van der Waals surface area contributed by atoms with Gasteiger partial charge >= 0.3 is 0 Å². The first-order chi connectivity index (χ1) is 16.1. The van der Waals surface area contributed by atoms with Crippen molar-refractivity contribution in [2.45, 2.75) is 45.4 Å². The highest BCUT2D eigenvalue weighted by molar-refractivity contribution is 5.92. The molecule has 1 saturated heterocycles. The summed E-state index contributed by atoms with van der Waals surface area (Å²) in [5, 5.41) is 11.0. The molecule has 178 valence electrons. The van der Waals surface area contributed by atoms with E-state index in [9.17, 15) is 4.79 Å². The SMILES string of the molecule is CCCCCCn1c(C(=O)N(C)C)cc2c1=NC(Nc1ccc(N3CCNCC3)cn1)NC=2. The number of anilines is 2. The molecule has 1 amide bonds. The molecule has 0 bridgehead atoms. The van der Waals surface area contributed by atoms with Gasteiger partial charge in [0.1, 0.15) is 17.0 Å². The quantitative estimate of drug-likeness (QED) is 0.491. The lowest BCUT2D eigenvalue weighted by Gasteiger charge is -2.29. The zero-order valence-electron chi connectivity index (χ0n) is 20.0. The monoisotopic (exact) mass is 452 g/mol. The summed E-state index contributed by atoms with van der Waals surface area (Å²) in [6.45, 7) is 6.98. The molecule has 9 heteroatoms. The van der Waals surface area contributed by atoms with Crippen LogP contribution in [0.1, 0.15) is 43.1 Å². The highest BCUT2D eigenvalue weighted by Gasteiger charge is 2.19. The molecular weight excluding hydrogens is 416 g/mol. The number of piperazine rings is 1. The van der Waals surface area contributed by atoms with Crippen molar-refractivity contribution in [2.24, 2.45) is 4.99 Å². The summed E-state index contributed by atoms with van der Waals surface area (Å²) >= 11 is 0. The second kappa shape index (κ2) is 10.7. The van der Waals surface area contributed by atoms with Gasteiger partial charge in [-0.05, 0) is 24.6 Å². The minimum atomic E-state index is -0.346. The van der Waals surface area contributed by atoms with Gasteiger partial charge in [0.05, 0.1) is 11.9 Å². The zero-order chi connectivity index (χ0) is 23.2. The summed E-state index contributed by atoms with van der Waals surface area (Å²) in [6.07, 6.45) is 8.05. The van der Waals surface area contributed by atoms with E-state index in [0.29, 0.717) is 5.69 Å². The average Bonchev–Trinajstić information content (AvgIpc) is 3.20. The van der Waals surface area contributed by atoms with Crippen molar-refractivity contribution in [1.82, 2.24) is 25.1 Å². The van der Waals surface area contributed by atoms with E-state index in [1.807, 2.05) is 24.5 Å². The number of rotatable bonds is 9. The van der Waals surface area contributed by atoms with Crippen molar-refractivity contribution < 1.29 is 4.79 Å². The van der Waals surface area contributed by atoms with Crippen LogP contribution in [0.15, 0.2) is 29.4 Å². The maximum atomic E-state index is 12.8. The van der Waals surface area contributed by atoms with E-state index in [0.717, 1.165) is 67.8 Å². The highest BCUT2D eigenvalue weighted by atomic mass is 16.2. The molecule has 2 aliphatic rings. The van der Waals surface area contributed by atoms with Crippen LogP contribution in [0, 0.1) is 0 Å². The van der Waals surface area contributed by atoms with E-state index in [4.69, 9.17) is 4.99 Å². The van der Waals surface area contributed by atoms with Gasteiger partial charge in [-0.25, -0.2) is 9.98 Å². The van der Waals surface area contributed by atoms with Crippen LogP contribution in [0.5, 0.6) is 0 Å². The van der Waals surface area contributed by atoms with Crippen LogP contribution < -0.4 is 31.6 Å². The molecule has 1 atom stereocenters. The maximum absolute atomic E-state index is 12.8. The van der Waals surface area contributed by atoms with Gasteiger partial charge in [-0.15, -0.1) is 0 Å². The molecule has 33 heavy (non-hydrogen) atoms. The lowest BCUT2D eigenvalue weighted by Crippen LogP contribution is -2.45. The Balaban J connectivity index is 1.53. The molecule has 0 saturated carbocycles. The second-order valence-corrected chi connectivity index (χ2v) is 8.85. The molecule has 4 heterocycles. The summed E-state index contributed by atoms with van der Waals surface area (Å²) in [6, 6.07) is 6.03. The van der Waals surface area contributed by atoms with Gasteiger partial charge in [0.15, 0.2) is 6.29 Å². The third kappa shape index (κ3) is 5.47. The van der Waals surface area contributed by atoms with E-state index in [2.05, 4.69) is 43.4 Å². The largest absolute Gasteiger partial charge is 0.368 e. The van der Waals surface area contributed by atoms with E-state index < -0.39 is 0 Å². The molecule has 9 nitrogen and oxygen atoms in total. The summed E-state index contributed by atoms with van der Waals surface area (Å²) < 4.78 is 2.07. The Morgan fingerprint density at radius 1 is 1.21 bits per heavy atom. The number of pyridine rings is 1. The second-order valence-electron chi connectivity index (χ2n) is 8.85. The summed E-state index contributed by atoms with van der Waals surface area (Å²) in [7, 11) is 3.57. The van der Waals surface area contributed by atoms with E-state index in [1.54, 1.807) is 19.0 Å². The van der Waals surface area contributed by atoms with Crippen molar-refractivity contribution in [2.75, 3.05) is 50.5 Å². The first kappa shape index (κ1) is 23.1. The topological polar surface area (TPSA) is 89.8 Å². The number of unbranched alkanes of at least 4 members (excludes halogenated alkanes) is 3. The summed E-state index contributed by atoms with van der Waals surface area (Å²) in [5.74, 6) is 0.760. The Bertz CT molecular complexity index is 1050. The van der Waals surface area contributed by atoms with Gasteiger partial charge in [-0.3, -0.25) is 4.79 Å². The van der Waals surface area contributed by atoms with Gasteiger partial charge in [0, 0.05) is 58.2 Å². The third-order valence-corrected chi connectivity index (χ3v) is 6.12. The fraction of sp³-hybridized carbons (Fsp3) is 0.542. The molecule has 0 spiro atoms. The Labute approximate surface area is 195 Å². The number of nitrogens with zero attached hydrogens (tertiary/aromatic N) is 5. The lowest BCUT2D eigenvalue weighted by atomic mass is 10.2. The molecule has 1 unspecified atom stereocenters. The predicted molar refractivity (Wildman–Crippen MR) is 132 cm³/mol. The minimum absolute atomic E-state index is 0.00170. The molecule has 0 aliphatic carbocycles. The molecule has 2 aromatic rings. The van der Waals surface area contributed by atoms with Crippen LogP contribution in [-0.2, 0) is 6.54 Å². The minimum Gasteiger partial charge on any atom is -0.368 e. The average molecular weight is 453 g/mol. The van der Waals surface area contributed by atoms with Gasteiger partial charge in [0.2, 0.25) is 0 Å². The maximum Gasteiger partial charge on any atom is 0.270 e. The van der Waals surface area contributed by atoms with Crippen LogP contribution >= 0.6 is 0 Å². The van der Waals surface area contributed by atoms with E-state index in [1.165, 1.54) is 12.8 Å². The standard InChI is InChI=1S/C24H36N8O/c1-4-5-6-7-12-32-20(23(33)30(2)3)15-18-16-27-24(29-22(18)32)28-21-9-8-19(17-26-21)31-13-10-25-11-14-31/h8-9,15-17,24-25,27H,4-7,10-14H2,1-3H3,(H,26,28). The van der Waals surface area contributed by atoms with E-state index >= 15 is 0 Å². The third-order valence-electron chi connectivity index (χ3n) is 6.12. The summed E-state index contributed by atoms with van der Waals surface area (Å²) in [5.41, 5.74) is 2.66. The predicted octanol–water partition coefficient (Wildman–Crippen LogP) is 0.931. The smallest absolute Gasteiger partial charge is 0.270 e. The fourth-order valence-corrected chi connectivity index (χ4v) is 4.26.